The number of hydrogen-bond donors (Lipinski definition) is 0. The SMILES string of the molecule is O=C(CSc1nc2ccccc2s1)N(C1CCCC1)[C@@H]1CCS(=O)(=O)C1. The molecule has 26 heavy (non-hydrogen) atoms. The first-order valence-electron chi connectivity index (χ1n) is 9.02. The second kappa shape index (κ2) is 7.48. The van der Waals surface area contributed by atoms with Crippen molar-refractivity contribution in [2.75, 3.05) is 17.3 Å². The van der Waals surface area contributed by atoms with Crippen LogP contribution in [0, 0.1) is 0 Å². The van der Waals surface area contributed by atoms with Crippen LogP contribution in [0.15, 0.2) is 28.6 Å². The van der Waals surface area contributed by atoms with Crippen LogP contribution < -0.4 is 0 Å². The molecule has 0 radical (unpaired) electrons. The molecule has 2 fully saturated rings. The van der Waals surface area contributed by atoms with Crippen LogP contribution in [0.2, 0.25) is 0 Å². The molecule has 140 valence electrons. The lowest BCUT2D eigenvalue weighted by Crippen LogP contribution is -2.47. The number of nitrogens with zero attached hydrogens (tertiary/aromatic N) is 2. The van der Waals surface area contributed by atoms with Gasteiger partial charge in [0.1, 0.15) is 0 Å². The van der Waals surface area contributed by atoms with Gasteiger partial charge in [-0.2, -0.15) is 0 Å². The normalized spacial score (nSPS) is 22.8. The second-order valence-corrected chi connectivity index (χ2v) is 11.5. The molecule has 1 aliphatic heterocycles. The lowest BCUT2D eigenvalue weighted by atomic mass is 10.1. The third kappa shape index (κ3) is 3.92. The van der Waals surface area contributed by atoms with E-state index in [1.807, 2.05) is 29.2 Å². The standard InChI is InChI=1S/C18H22N2O3S3/c21-17(11-24-18-19-15-7-3-4-8-16(15)25-18)20(13-5-1-2-6-13)14-9-10-26(22,23)12-14/h3-4,7-8,13-14H,1-2,5-6,9-12H2/t14-/m1/s1. The van der Waals surface area contributed by atoms with Crippen LogP contribution in [0.1, 0.15) is 32.1 Å². The molecule has 0 N–H and O–H groups in total. The van der Waals surface area contributed by atoms with Crippen molar-refractivity contribution < 1.29 is 13.2 Å². The van der Waals surface area contributed by atoms with E-state index in [1.165, 1.54) is 11.8 Å². The maximum absolute atomic E-state index is 13.0. The van der Waals surface area contributed by atoms with Crippen LogP contribution in [0.3, 0.4) is 0 Å². The summed E-state index contributed by atoms with van der Waals surface area (Å²) in [6.45, 7) is 0. The van der Waals surface area contributed by atoms with Crippen molar-refractivity contribution >= 4 is 49.1 Å². The van der Waals surface area contributed by atoms with Crippen LogP contribution in [-0.2, 0) is 14.6 Å². The largest absolute Gasteiger partial charge is 0.335 e. The summed E-state index contributed by atoms with van der Waals surface area (Å²) in [6, 6.07) is 8.02. The molecule has 1 saturated heterocycles. The molecule has 4 rings (SSSR count). The maximum atomic E-state index is 13.0. The summed E-state index contributed by atoms with van der Waals surface area (Å²) in [5.74, 6) is 0.718. The van der Waals surface area contributed by atoms with Crippen molar-refractivity contribution in [1.29, 1.82) is 0 Å². The highest BCUT2D eigenvalue weighted by Crippen LogP contribution is 2.32. The minimum atomic E-state index is -3.00. The van der Waals surface area contributed by atoms with Crippen LogP contribution in [-0.4, -0.2) is 53.6 Å². The fraction of sp³-hybridized carbons (Fsp3) is 0.556. The average molecular weight is 411 g/mol. The summed E-state index contributed by atoms with van der Waals surface area (Å²) in [5.41, 5.74) is 0.960. The zero-order chi connectivity index (χ0) is 18.1. The van der Waals surface area contributed by atoms with Crippen LogP contribution in [0.5, 0.6) is 0 Å². The number of sulfone groups is 1. The van der Waals surface area contributed by atoms with Gasteiger partial charge in [0.15, 0.2) is 14.2 Å². The second-order valence-electron chi connectivity index (χ2n) is 7.03. The molecular formula is C18H22N2O3S3. The number of carbonyl (C=O) groups is 1. The Kier molecular flexibility index (Phi) is 5.25. The first kappa shape index (κ1) is 18.3. The van der Waals surface area contributed by atoms with Crippen molar-refractivity contribution in [3.63, 3.8) is 0 Å². The van der Waals surface area contributed by atoms with Crippen LogP contribution in [0.4, 0.5) is 0 Å². The van der Waals surface area contributed by atoms with E-state index in [0.29, 0.717) is 12.2 Å². The third-order valence-electron chi connectivity index (χ3n) is 5.20. The Hall–Kier alpha value is -1.12. The molecule has 1 amide bonds. The van der Waals surface area contributed by atoms with E-state index in [4.69, 9.17) is 0 Å². The minimum absolute atomic E-state index is 0.0586. The highest BCUT2D eigenvalue weighted by molar-refractivity contribution is 8.01. The van der Waals surface area contributed by atoms with Crippen molar-refractivity contribution in [1.82, 2.24) is 9.88 Å². The number of rotatable bonds is 5. The molecule has 1 saturated carbocycles. The average Bonchev–Trinajstić information content (AvgIpc) is 3.33. The molecule has 8 heteroatoms. The molecule has 0 unspecified atom stereocenters. The van der Waals surface area contributed by atoms with E-state index in [0.717, 1.165) is 40.2 Å². The lowest BCUT2D eigenvalue weighted by molar-refractivity contribution is -0.132. The van der Waals surface area contributed by atoms with Gasteiger partial charge in [-0.3, -0.25) is 4.79 Å². The molecule has 0 bridgehead atoms. The fourth-order valence-electron chi connectivity index (χ4n) is 3.99. The number of benzene rings is 1. The highest BCUT2D eigenvalue weighted by atomic mass is 32.2. The Morgan fingerprint density at radius 2 is 1.96 bits per heavy atom. The first-order chi connectivity index (χ1) is 12.5. The Morgan fingerprint density at radius 3 is 2.65 bits per heavy atom. The van der Waals surface area contributed by atoms with Crippen LogP contribution in [0.25, 0.3) is 10.2 Å². The molecule has 1 atom stereocenters. The molecule has 2 aliphatic rings. The zero-order valence-corrected chi connectivity index (χ0v) is 16.9. The summed E-state index contributed by atoms with van der Waals surface area (Å²) in [6.07, 6.45) is 4.82. The number of hydrogen-bond acceptors (Lipinski definition) is 6. The predicted octanol–water partition coefficient (Wildman–Crippen LogP) is 3.35. The number of para-hydroxylation sites is 1. The monoisotopic (exact) mass is 410 g/mol. The lowest BCUT2D eigenvalue weighted by Gasteiger charge is -2.34. The van der Waals surface area contributed by atoms with E-state index < -0.39 is 9.84 Å². The van der Waals surface area contributed by atoms with Crippen molar-refractivity contribution in [3.05, 3.63) is 24.3 Å². The first-order valence-corrected chi connectivity index (χ1v) is 12.6. The van der Waals surface area contributed by atoms with Gasteiger partial charge in [-0.15, -0.1) is 11.3 Å². The number of aromatic nitrogens is 1. The zero-order valence-electron chi connectivity index (χ0n) is 14.5. The van der Waals surface area contributed by atoms with Gasteiger partial charge < -0.3 is 4.90 Å². The molecule has 1 aliphatic carbocycles. The van der Waals surface area contributed by atoms with Gasteiger partial charge in [0.2, 0.25) is 5.91 Å². The summed E-state index contributed by atoms with van der Waals surface area (Å²) < 4.78 is 25.8. The molecule has 2 heterocycles. The summed E-state index contributed by atoms with van der Waals surface area (Å²) in [4.78, 5) is 19.5. The highest BCUT2D eigenvalue weighted by Gasteiger charge is 2.38. The summed E-state index contributed by atoms with van der Waals surface area (Å²) in [7, 11) is -3.00. The summed E-state index contributed by atoms with van der Waals surface area (Å²) in [5, 5.41) is 0. The van der Waals surface area contributed by atoms with Crippen molar-refractivity contribution in [2.45, 2.75) is 48.5 Å². The molecule has 0 spiro atoms. The summed E-state index contributed by atoms with van der Waals surface area (Å²) >= 11 is 3.07. The number of thiazole rings is 1. The van der Waals surface area contributed by atoms with E-state index in [-0.39, 0.29) is 29.5 Å². The molecule has 5 nitrogen and oxygen atoms in total. The van der Waals surface area contributed by atoms with Gasteiger partial charge in [-0.1, -0.05) is 36.7 Å². The maximum Gasteiger partial charge on any atom is 0.233 e. The van der Waals surface area contributed by atoms with Gasteiger partial charge in [-0.05, 0) is 31.4 Å². The van der Waals surface area contributed by atoms with Gasteiger partial charge >= 0.3 is 0 Å². The Bertz CT molecular complexity index is 870. The number of fused-ring (bicyclic) bond motifs is 1. The predicted molar refractivity (Wildman–Crippen MR) is 107 cm³/mol. The topological polar surface area (TPSA) is 67.3 Å². The number of amides is 1. The van der Waals surface area contributed by atoms with Gasteiger partial charge in [0, 0.05) is 12.1 Å². The van der Waals surface area contributed by atoms with Crippen LogP contribution >= 0.6 is 23.1 Å². The quantitative estimate of drug-likeness (QED) is 0.707. The molecular weight excluding hydrogens is 388 g/mol. The molecule has 2 aromatic rings. The number of carbonyl (C=O) groups excluding carboxylic acids is 1. The third-order valence-corrected chi connectivity index (χ3v) is 9.12. The Balaban J connectivity index is 1.47. The fourth-order valence-corrected chi connectivity index (χ4v) is 7.64. The van der Waals surface area contributed by atoms with E-state index in [9.17, 15) is 13.2 Å². The molecule has 1 aromatic heterocycles. The Labute approximate surface area is 162 Å². The van der Waals surface area contributed by atoms with E-state index in [2.05, 4.69) is 4.98 Å². The molecule has 1 aromatic carbocycles. The van der Waals surface area contributed by atoms with Gasteiger partial charge in [0.25, 0.3) is 0 Å². The van der Waals surface area contributed by atoms with Crippen molar-refractivity contribution in [3.8, 4) is 0 Å². The van der Waals surface area contributed by atoms with Gasteiger partial charge in [0.05, 0.1) is 27.5 Å². The van der Waals surface area contributed by atoms with E-state index in [1.54, 1.807) is 11.3 Å². The smallest absolute Gasteiger partial charge is 0.233 e. The minimum Gasteiger partial charge on any atom is -0.335 e. The van der Waals surface area contributed by atoms with Crippen molar-refractivity contribution in [2.24, 2.45) is 0 Å². The Morgan fingerprint density at radius 1 is 1.19 bits per heavy atom. The number of thioether (sulfide) groups is 1. The van der Waals surface area contributed by atoms with Gasteiger partial charge in [-0.25, -0.2) is 13.4 Å². The van der Waals surface area contributed by atoms with E-state index >= 15 is 0 Å².